The molecular weight excluding hydrogens is 573 g/mol. The zero-order valence-electron chi connectivity index (χ0n) is 16.0. The summed E-state index contributed by atoms with van der Waals surface area (Å²) in [6, 6.07) is 11.6. The van der Waals surface area contributed by atoms with Gasteiger partial charge in [-0.1, -0.05) is 36.4 Å². The monoisotopic (exact) mass is 596 g/mol. The van der Waals surface area contributed by atoms with E-state index in [9.17, 15) is 19.2 Å². The average molecular weight is 596 g/mol. The Labute approximate surface area is 187 Å². The minimum absolute atomic E-state index is 0. The SMILES string of the molecule is N.N.O=C1c2ccccc2C(=O)c2c(NCCCC(C(=O)O)C(=O)O)cccc21.[Pt]. The fourth-order valence-electron chi connectivity index (χ4n) is 3.17. The van der Waals surface area contributed by atoms with Crippen molar-refractivity contribution in [3.05, 3.63) is 64.7 Å². The molecular formula is C20H23N3O6Pt. The Kier molecular flexibility index (Phi) is 10.3. The van der Waals surface area contributed by atoms with Gasteiger partial charge in [0.1, 0.15) is 0 Å². The molecule has 0 fully saturated rings. The van der Waals surface area contributed by atoms with Crippen LogP contribution in [0.4, 0.5) is 5.69 Å². The van der Waals surface area contributed by atoms with Crippen LogP contribution in [0.25, 0.3) is 0 Å². The van der Waals surface area contributed by atoms with Crippen LogP contribution in [-0.2, 0) is 30.7 Å². The fourth-order valence-corrected chi connectivity index (χ4v) is 3.17. The van der Waals surface area contributed by atoms with Gasteiger partial charge in [-0.15, -0.1) is 0 Å². The Morgan fingerprint density at radius 2 is 1.37 bits per heavy atom. The molecule has 0 atom stereocenters. The Bertz CT molecular complexity index is 949. The minimum Gasteiger partial charge on any atom is -0.481 e. The minimum atomic E-state index is -1.47. The normalized spacial score (nSPS) is 11.2. The van der Waals surface area contributed by atoms with Crippen LogP contribution in [0.5, 0.6) is 0 Å². The summed E-state index contributed by atoms with van der Waals surface area (Å²) >= 11 is 0. The fraction of sp³-hybridized carbons (Fsp3) is 0.200. The molecule has 0 amide bonds. The summed E-state index contributed by atoms with van der Waals surface area (Å²) in [6.07, 6.45) is 0.244. The quantitative estimate of drug-likeness (QED) is 0.202. The van der Waals surface area contributed by atoms with Crippen molar-refractivity contribution >= 4 is 29.2 Å². The second-order valence-electron chi connectivity index (χ2n) is 6.23. The van der Waals surface area contributed by atoms with E-state index in [4.69, 9.17) is 10.2 Å². The molecule has 0 unspecified atom stereocenters. The van der Waals surface area contributed by atoms with Crippen LogP contribution in [0.1, 0.15) is 44.7 Å². The number of anilines is 1. The van der Waals surface area contributed by atoms with E-state index in [1.807, 2.05) is 0 Å². The molecule has 1 aliphatic carbocycles. The van der Waals surface area contributed by atoms with Crippen molar-refractivity contribution in [2.45, 2.75) is 12.8 Å². The van der Waals surface area contributed by atoms with Crippen LogP contribution in [-0.4, -0.2) is 40.3 Å². The van der Waals surface area contributed by atoms with Gasteiger partial charge in [-0.2, -0.15) is 0 Å². The van der Waals surface area contributed by atoms with Gasteiger partial charge in [0.2, 0.25) is 0 Å². The van der Waals surface area contributed by atoms with Crippen molar-refractivity contribution in [1.82, 2.24) is 12.3 Å². The summed E-state index contributed by atoms with van der Waals surface area (Å²) in [6.45, 7) is 0.274. The number of fused-ring (bicyclic) bond motifs is 2. The summed E-state index contributed by atoms with van der Waals surface area (Å²) in [5.74, 6) is -4.70. The Hall–Kier alpha value is -2.87. The van der Waals surface area contributed by atoms with Crippen LogP contribution < -0.4 is 17.6 Å². The Balaban J connectivity index is 0.00000280. The van der Waals surface area contributed by atoms with Crippen molar-refractivity contribution in [2.24, 2.45) is 5.92 Å². The molecule has 0 bridgehead atoms. The number of nitrogens with one attached hydrogen (secondary N) is 1. The van der Waals surface area contributed by atoms with Crippen LogP contribution in [0.2, 0.25) is 0 Å². The largest absolute Gasteiger partial charge is 0.481 e. The summed E-state index contributed by atoms with van der Waals surface area (Å²) < 4.78 is 0. The van der Waals surface area contributed by atoms with Crippen molar-refractivity contribution < 1.29 is 50.5 Å². The summed E-state index contributed by atoms with van der Waals surface area (Å²) in [7, 11) is 0. The first-order valence-corrected chi connectivity index (χ1v) is 8.42. The van der Waals surface area contributed by atoms with E-state index >= 15 is 0 Å². The van der Waals surface area contributed by atoms with Gasteiger partial charge in [-0.25, -0.2) is 0 Å². The van der Waals surface area contributed by atoms with E-state index in [0.717, 1.165) is 0 Å². The van der Waals surface area contributed by atoms with E-state index in [0.29, 0.717) is 22.4 Å². The number of benzene rings is 2. The van der Waals surface area contributed by atoms with Crippen LogP contribution in [0.15, 0.2) is 42.5 Å². The first kappa shape index (κ1) is 27.1. The summed E-state index contributed by atoms with van der Waals surface area (Å²) in [4.78, 5) is 47.3. The third-order valence-electron chi connectivity index (χ3n) is 4.53. The van der Waals surface area contributed by atoms with E-state index < -0.39 is 17.9 Å². The van der Waals surface area contributed by atoms with Gasteiger partial charge >= 0.3 is 11.9 Å². The molecule has 164 valence electrons. The topological polar surface area (TPSA) is 191 Å². The maximum absolute atomic E-state index is 12.8. The molecule has 3 rings (SSSR count). The first-order chi connectivity index (χ1) is 12.9. The van der Waals surface area contributed by atoms with Crippen molar-refractivity contribution in [2.75, 3.05) is 11.9 Å². The Morgan fingerprint density at radius 1 is 0.833 bits per heavy atom. The van der Waals surface area contributed by atoms with E-state index in [-0.39, 0.29) is 69.9 Å². The van der Waals surface area contributed by atoms with Gasteiger partial charge in [0.15, 0.2) is 17.5 Å². The molecule has 0 aromatic heterocycles. The zero-order valence-corrected chi connectivity index (χ0v) is 18.3. The second-order valence-corrected chi connectivity index (χ2v) is 6.23. The maximum Gasteiger partial charge on any atom is 0.317 e. The van der Waals surface area contributed by atoms with Crippen molar-refractivity contribution in [3.8, 4) is 0 Å². The molecule has 10 heteroatoms. The van der Waals surface area contributed by atoms with Gasteiger partial charge < -0.3 is 27.8 Å². The maximum atomic E-state index is 12.8. The number of ketones is 2. The number of carboxylic acids is 2. The second kappa shape index (κ2) is 11.3. The van der Waals surface area contributed by atoms with Gasteiger partial charge in [0.05, 0.1) is 5.56 Å². The van der Waals surface area contributed by atoms with E-state index in [1.54, 1.807) is 42.5 Å². The molecule has 1 aliphatic rings. The summed E-state index contributed by atoms with van der Waals surface area (Å²) in [5, 5.41) is 20.8. The molecule has 0 aliphatic heterocycles. The van der Waals surface area contributed by atoms with Crippen molar-refractivity contribution in [1.29, 1.82) is 0 Å². The first-order valence-electron chi connectivity index (χ1n) is 8.42. The molecule has 0 saturated heterocycles. The molecule has 9 nitrogen and oxygen atoms in total. The third kappa shape index (κ3) is 5.18. The zero-order chi connectivity index (χ0) is 19.6. The number of hydrogen-bond acceptors (Lipinski definition) is 7. The number of carboxylic acid groups (broad SMARTS) is 2. The standard InChI is InChI=1S/C20H17NO6.2H3N.Pt/c22-17-11-5-1-2-6-12(11)18(23)16-13(17)7-3-9-15(16)21-10-4-8-14(19(24)25)20(26)27;;;/h1-3,5-7,9,14,21H,4,8,10H2,(H,24,25)(H,26,27);2*1H3;. The molecule has 9 N–H and O–H groups in total. The molecule has 30 heavy (non-hydrogen) atoms. The predicted octanol–water partition coefficient (Wildman–Crippen LogP) is 2.76. The summed E-state index contributed by atoms with van der Waals surface area (Å²) in [5.41, 5.74) is 1.80. The predicted molar refractivity (Wildman–Crippen MR) is 106 cm³/mol. The molecule has 2 aromatic rings. The van der Waals surface area contributed by atoms with Crippen LogP contribution in [0, 0.1) is 5.92 Å². The van der Waals surface area contributed by atoms with Gasteiger partial charge in [-0.05, 0) is 18.9 Å². The number of rotatable bonds is 7. The number of aliphatic carboxylic acids is 2. The average Bonchev–Trinajstić information content (AvgIpc) is 2.65. The van der Waals surface area contributed by atoms with Gasteiger partial charge in [-0.3, -0.25) is 19.2 Å². The molecule has 0 spiro atoms. The number of hydrogen-bond donors (Lipinski definition) is 5. The molecule has 0 saturated carbocycles. The van der Waals surface area contributed by atoms with Crippen LogP contribution in [0.3, 0.4) is 0 Å². The van der Waals surface area contributed by atoms with Gasteiger partial charge in [0.25, 0.3) is 0 Å². The number of carbonyl (C=O) groups excluding carboxylic acids is 2. The Morgan fingerprint density at radius 3 is 1.93 bits per heavy atom. The smallest absolute Gasteiger partial charge is 0.317 e. The number of carbonyl (C=O) groups is 4. The van der Waals surface area contributed by atoms with E-state index in [2.05, 4.69) is 5.32 Å². The molecule has 0 radical (unpaired) electrons. The molecule has 0 heterocycles. The van der Waals surface area contributed by atoms with Crippen molar-refractivity contribution in [3.63, 3.8) is 0 Å². The van der Waals surface area contributed by atoms with E-state index in [1.165, 1.54) is 0 Å². The van der Waals surface area contributed by atoms with Gasteiger partial charge in [0, 0.05) is 50.0 Å². The third-order valence-corrected chi connectivity index (χ3v) is 4.53. The molecule has 2 aromatic carbocycles. The van der Waals surface area contributed by atoms with Crippen LogP contribution >= 0.6 is 0 Å².